The minimum atomic E-state index is -0.872. The number of allylic oxidation sites excluding steroid dienone is 4. The molecule has 2 atom stereocenters. The predicted molar refractivity (Wildman–Crippen MR) is 91.8 cm³/mol. The van der Waals surface area contributed by atoms with E-state index in [2.05, 4.69) is 0 Å². The smallest absolute Gasteiger partial charge is 0.317 e. The fourth-order valence-corrected chi connectivity index (χ4v) is 3.01. The van der Waals surface area contributed by atoms with Gasteiger partial charge >= 0.3 is 11.9 Å². The van der Waals surface area contributed by atoms with Crippen molar-refractivity contribution >= 4 is 11.9 Å². The van der Waals surface area contributed by atoms with Crippen LogP contribution in [0, 0.1) is 0 Å². The number of rotatable bonds is 9. The van der Waals surface area contributed by atoms with Gasteiger partial charge in [-0.05, 0) is 12.8 Å². The van der Waals surface area contributed by atoms with E-state index in [1.165, 1.54) is 0 Å². The Morgan fingerprint density at radius 1 is 0.792 bits per heavy atom. The van der Waals surface area contributed by atoms with Crippen molar-refractivity contribution in [3.05, 3.63) is 48.6 Å². The molecule has 0 aromatic carbocycles. The van der Waals surface area contributed by atoms with Crippen molar-refractivity contribution in [2.75, 3.05) is 26.2 Å². The standard InChI is InChI=1S/C18H24N2O4/c21-17(22)13-19(15-7-3-1-4-8-15)11-12-20(14-18(23)24)16-9-5-2-6-10-16/h1-7,9,15-16H,8,10-14H2,(H,21,22)(H,23,24). The third-order valence-electron chi connectivity index (χ3n) is 4.21. The van der Waals surface area contributed by atoms with Crippen LogP contribution >= 0.6 is 0 Å². The first-order valence-electron chi connectivity index (χ1n) is 8.14. The van der Waals surface area contributed by atoms with Crippen molar-refractivity contribution in [1.82, 2.24) is 9.80 Å². The third-order valence-corrected chi connectivity index (χ3v) is 4.21. The average molecular weight is 332 g/mol. The van der Waals surface area contributed by atoms with E-state index in [1.54, 1.807) is 0 Å². The van der Waals surface area contributed by atoms with Crippen LogP contribution in [0.15, 0.2) is 48.6 Å². The van der Waals surface area contributed by atoms with Gasteiger partial charge in [0.1, 0.15) is 0 Å². The van der Waals surface area contributed by atoms with Crippen LogP contribution in [0.2, 0.25) is 0 Å². The summed E-state index contributed by atoms with van der Waals surface area (Å²) in [5.74, 6) is -1.74. The maximum Gasteiger partial charge on any atom is 0.317 e. The first-order chi connectivity index (χ1) is 11.6. The Hall–Kier alpha value is -2.18. The fourth-order valence-electron chi connectivity index (χ4n) is 3.01. The Kier molecular flexibility index (Phi) is 6.96. The average Bonchev–Trinajstić information content (AvgIpc) is 2.58. The third kappa shape index (κ3) is 5.79. The minimum absolute atomic E-state index is 0.0413. The van der Waals surface area contributed by atoms with E-state index in [9.17, 15) is 9.59 Å². The van der Waals surface area contributed by atoms with Crippen LogP contribution in [0.5, 0.6) is 0 Å². The van der Waals surface area contributed by atoms with Crippen molar-refractivity contribution in [3.8, 4) is 0 Å². The molecule has 6 heteroatoms. The Balaban J connectivity index is 1.99. The summed E-state index contributed by atoms with van der Waals surface area (Å²) in [6, 6.07) is 0.0825. The zero-order chi connectivity index (χ0) is 17.4. The van der Waals surface area contributed by atoms with Gasteiger partial charge < -0.3 is 10.2 Å². The molecule has 0 saturated heterocycles. The Morgan fingerprint density at radius 2 is 1.21 bits per heavy atom. The van der Waals surface area contributed by atoms with Gasteiger partial charge in [0, 0.05) is 25.2 Å². The maximum atomic E-state index is 11.2. The van der Waals surface area contributed by atoms with Crippen molar-refractivity contribution in [1.29, 1.82) is 0 Å². The van der Waals surface area contributed by atoms with Gasteiger partial charge in [-0.25, -0.2) is 0 Å². The van der Waals surface area contributed by atoms with Gasteiger partial charge in [-0.1, -0.05) is 48.6 Å². The van der Waals surface area contributed by atoms with E-state index >= 15 is 0 Å². The number of hydrogen-bond acceptors (Lipinski definition) is 4. The molecule has 0 saturated carbocycles. The Morgan fingerprint density at radius 3 is 1.50 bits per heavy atom. The van der Waals surface area contributed by atoms with Crippen LogP contribution in [-0.2, 0) is 9.59 Å². The van der Waals surface area contributed by atoms with E-state index in [1.807, 2.05) is 58.4 Å². The summed E-state index contributed by atoms with van der Waals surface area (Å²) in [5, 5.41) is 18.3. The molecule has 0 aromatic heterocycles. The normalized spacial score (nSPS) is 22.4. The number of aliphatic carboxylic acids is 2. The predicted octanol–water partition coefficient (Wildman–Crippen LogP) is 1.53. The van der Waals surface area contributed by atoms with E-state index in [0.29, 0.717) is 13.1 Å². The topological polar surface area (TPSA) is 81.1 Å². The summed E-state index contributed by atoms with van der Waals surface area (Å²) in [6.45, 7) is 0.918. The molecular formula is C18H24N2O4. The molecular weight excluding hydrogens is 308 g/mol. The maximum absolute atomic E-state index is 11.2. The summed E-state index contributed by atoms with van der Waals surface area (Å²) in [5.41, 5.74) is 0. The van der Waals surface area contributed by atoms with Crippen molar-refractivity contribution in [3.63, 3.8) is 0 Å². The second kappa shape index (κ2) is 9.20. The monoisotopic (exact) mass is 332 g/mol. The van der Waals surface area contributed by atoms with Crippen LogP contribution in [0.25, 0.3) is 0 Å². The van der Waals surface area contributed by atoms with Crippen molar-refractivity contribution < 1.29 is 19.8 Å². The second-order valence-electron chi connectivity index (χ2n) is 5.96. The highest BCUT2D eigenvalue weighted by atomic mass is 16.4. The Labute approximate surface area is 142 Å². The highest BCUT2D eigenvalue weighted by molar-refractivity contribution is 5.69. The van der Waals surface area contributed by atoms with Crippen molar-refractivity contribution in [2.45, 2.75) is 24.9 Å². The van der Waals surface area contributed by atoms with E-state index < -0.39 is 11.9 Å². The van der Waals surface area contributed by atoms with Gasteiger partial charge in [0.25, 0.3) is 0 Å². The van der Waals surface area contributed by atoms with Crippen LogP contribution in [-0.4, -0.2) is 70.2 Å². The molecule has 24 heavy (non-hydrogen) atoms. The highest BCUT2D eigenvalue weighted by Crippen LogP contribution is 2.14. The van der Waals surface area contributed by atoms with E-state index in [4.69, 9.17) is 10.2 Å². The summed E-state index contributed by atoms with van der Waals surface area (Å²) in [6.07, 6.45) is 17.3. The van der Waals surface area contributed by atoms with Gasteiger partial charge in [-0.15, -0.1) is 0 Å². The summed E-state index contributed by atoms with van der Waals surface area (Å²) >= 11 is 0. The number of hydrogen-bond donors (Lipinski definition) is 2. The molecule has 6 nitrogen and oxygen atoms in total. The fraction of sp³-hybridized carbons (Fsp3) is 0.444. The van der Waals surface area contributed by atoms with Crippen LogP contribution in [0.1, 0.15) is 12.8 Å². The van der Waals surface area contributed by atoms with Gasteiger partial charge in [0.05, 0.1) is 13.1 Å². The van der Waals surface area contributed by atoms with Crippen molar-refractivity contribution in [2.24, 2.45) is 0 Å². The lowest BCUT2D eigenvalue weighted by Crippen LogP contribution is -2.46. The molecule has 2 unspecified atom stereocenters. The second-order valence-corrected chi connectivity index (χ2v) is 5.96. The molecule has 0 radical (unpaired) electrons. The molecule has 0 aliphatic heterocycles. The molecule has 2 N–H and O–H groups in total. The highest BCUT2D eigenvalue weighted by Gasteiger charge is 2.23. The summed E-state index contributed by atoms with van der Waals surface area (Å²) < 4.78 is 0. The SMILES string of the molecule is O=C(O)CN(CCN(CC(=O)O)C1C=CC=CC1)C1C=CC=CC1. The molecule has 0 heterocycles. The minimum Gasteiger partial charge on any atom is -0.480 e. The molecule has 2 aliphatic rings. The van der Waals surface area contributed by atoms with Gasteiger partial charge in [-0.3, -0.25) is 19.4 Å². The zero-order valence-corrected chi connectivity index (χ0v) is 13.6. The quantitative estimate of drug-likeness (QED) is 0.666. The molecule has 2 aliphatic carbocycles. The van der Waals surface area contributed by atoms with Crippen LogP contribution < -0.4 is 0 Å². The largest absolute Gasteiger partial charge is 0.480 e. The molecule has 2 rings (SSSR count). The van der Waals surface area contributed by atoms with Crippen LogP contribution in [0.4, 0.5) is 0 Å². The van der Waals surface area contributed by atoms with E-state index in [0.717, 1.165) is 12.8 Å². The molecule has 0 aromatic rings. The lowest BCUT2D eigenvalue weighted by Gasteiger charge is -2.33. The zero-order valence-electron chi connectivity index (χ0n) is 13.6. The molecule has 0 spiro atoms. The Bertz CT molecular complexity index is 515. The first-order valence-corrected chi connectivity index (χ1v) is 8.14. The first kappa shape index (κ1) is 18.2. The molecule has 0 fully saturated rings. The van der Waals surface area contributed by atoms with Gasteiger partial charge in [0.2, 0.25) is 0 Å². The number of nitrogens with zero attached hydrogens (tertiary/aromatic N) is 2. The van der Waals surface area contributed by atoms with Gasteiger partial charge in [-0.2, -0.15) is 0 Å². The lowest BCUT2D eigenvalue weighted by atomic mass is 10.1. The summed E-state index contributed by atoms with van der Waals surface area (Å²) in [4.78, 5) is 26.1. The number of carboxylic acids is 2. The van der Waals surface area contributed by atoms with Crippen LogP contribution in [0.3, 0.4) is 0 Å². The molecule has 0 bridgehead atoms. The molecule has 0 amide bonds. The lowest BCUT2D eigenvalue weighted by molar-refractivity contribution is -0.140. The summed E-state index contributed by atoms with van der Waals surface area (Å²) in [7, 11) is 0. The number of carboxylic acid groups (broad SMARTS) is 2. The van der Waals surface area contributed by atoms with Gasteiger partial charge in [0.15, 0.2) is 0 Å². The number of carbonyl (C=O) groups is 2. The molecule has 130 valence electrons. The van der Waals surface area contributed by atoms with E-state index in [-0.39, 0.29) is 25.2 Å².